The van der Waals surface area contributed by atoms with Crippen molar-refractivity contribution in [1.82, 2.24) is 24.8 Å². The highest BCUT2D eigenvalue weighted by atomic mass is 15.2. The molecule has 0 bridgehead atoms. The smallest absolute Gasteiger partial charge is 0.124 e. The molecule has 0 unspecified atom stereocenters. The highest BCUT2D eigenvalue weighted by molar-refractivity contribution is 5.75. The summed E-state index contributed by atoms with van der Waals surface area (Å²) in [5.41, 5.74) is 2.20. The molecule has 1 aliphatic heterocycles. The molecule has 5 heteroatoms. The largest absolute Gasteiger partial charge is 0.321 e. The molecule has 0 atom stereocenters. The zero-order valence-corrected chi connectivity index (χ0v) is 13.3. The molecule has 3 rings (SSSR count). The van der Waals surface area contributed by atoms with E-state index in [1.165, 1.54) is 11.9 Å². The molecule has 0 aromatic carbocycles. The summed E-state index contributed by atoms with van der Waals surface area (Å²) in [6.45, 7) is 12.0. The Morgan fingerprint density at radius 1 is 1.24 bits per heavy atom. The first-order valence-electron chi connectivity index (χ1n) is 7.80. The van der Waals surface area contributed by atoms with Gasteiger partial charge in [0.25, 0.3) is 0 Å². The van der Waals surface area contributed by atoms with Crippen LogP contribution in [0.5, 0.6) is 0 Å². The van der Waals surface area contributed by atoms with Crippen molar-refractivity contribution in [2.45, 2.75) is 39.3 Å². The molecule has 1 aliphatic rings. The second-order valence-corrected chi connectivity index (χ2v) is 6.78. The minimum atomic E-state index is 0.0233. The first kappa shape index (κ1) is 14.5. The molecular weight excluding hydrogens is 262 g/mol. The van der Waals surface area contributed by atoms with E-state index in [0.29, 0.717) is 0 Å². The molecule has 5 nitrogen and oxygen atoms in total. The minimum absolute atomic E-state index is 0.0233. The van der Waals surface area contributed by atoms with Crippen LogP contribution >= 0.6 is 0 Å². The maximum Gasteiger partial charge on any atom is 0.124 e. The van der Waals surface area contributed by atoms with E-state index in [1.54, 1.807) is 0 Å². The van der Waals surface area contributed by atoms with Gasteiger partial charge in [0.1, 0.15) is 11.3 Å². The van der Waals surface area contributed by atoms with Crippen LogP contribution in [0.15, 0.2) is 18.5 Å². The van der Waals surface area contributed by atoms with Crippen LogP contribution < -0.4 is 5.32 Å². The number of aromatic nitrogens is 3. The van der Waals surface area contributed by atoms with Gasteiger partial charge in [-0.3, -0.25) is 9.88 Å². The number of hydrogen-bond acceptors (Lipinski definition) is 4. The molecule has 2 aromatic heterocycles. The van der Waals surface area contributed by atoms with Crippen molar-refractivity contribution >= 4 is 11.0 Å². The van der Waals surface area contributed by atoms with Gasteiger partial charge in [0.15, 0.2) is 0 Å². The Bertz CT molecular complexity index is 603. The van der Waals surface area contributed by atoms with Gasteiger partial charge in [-0.05, 0) is 46.3 Å². The molecule has 3 heterocycles. The van der Waals surface area contributed by atoms with Crippen LogP contribution in [0, 0.1) is 0 Å². The number of nitrogens with one attached hydrogen (secondary N) is 1. The minimum Gasteiger partial charge on any atom is -0.321 e. The zero-order chi connectivity index (χ0) is 14.9. The summed E-state index contributed by atoms with van der Waals surface area (Å²) < 4.78 is 2.36. The first-order chi connectivity index (χ1) is 10.1. The first-order valence-corrected chi connectivity index (χ1v) is 7.80. The summed E-state index contributed by atoms with van der Waals surface area (Å²) in [6.07, 6.45) is 4.92. The van der Waals surface area contributed by atoms with E-state index >= 15 is 0 Å². The summed E-state index contributed by atoms with van der Waals surface area (Å²) in [7, 11) is 0. The Balaban J connectivity index is 1.97. The van der Waals surface area contributed by atoms with Gasteiger partial charge in [-0.15, -0.1) is 0 Å². The number of rotatable bonds is 2. The second-order valence-electron chi connectivity index (χ2n) is 6.78. The third-order valence-electron chi connectivity index (χ3n) is 3.99. The van der Waals surface area contributed by atoms with Crippen LogP contribution in [0.25, 0.3) is 11.0 Å². The van der Waals surface area contributed by atoms with Gasteiger partial charge in [0.05, 0.1) is 18.3 Å². The Morgan fingerprint density at radius 2 is 2.10 bits per heavy atom. The molecule has 0 saturated carbocycles. The molecule has 21 heavy (non-hydrogen) atoms. The summed E-state index contributed by atoms with van der Waals surface area (Å²) in [4.78, 5) is 11.6. The maximum absolute atomic E-state index is 4.84. The molecule has 0 aliphatic carbocycles. The van der Waals surface area contributed by atoms with Crippen molar-refractivity contribution < 1.29 is 0 Å². The fourth-order valence-corrected chi connectivity index (χ4v) is 3.10. The van der Waals surface area contributed by atoms with E-state index in [-0.39, 0.29) is 5.54 Å². The predicted molar refractivity (Wildman–Crippen MR) is 85.3 cm³/mol. The molecule has 0 amide bonds. The lowest BCUT2D eigenvalue weighted by Crippen LogP contribution is -2.31. The number of fused-ring (bicyclic) bond motifs is 1. The van der Waals surface area contributed by atoms with Crippen molar-refractivity contribution in [2.24, 2.45) is 0 Å². The zero-order valence-electron chi connectivity index (χ0n) is 13.3. The van der Waals surface area contributed by atoms with Gasteiger partial charge < -0.3 is 9.88 Å². The van der Waals surface area contributed by atoms with E-state index in [2.05, 4.69) is 46.6 Å². The monoisotopic (exact) mass is 287 g/mol. The number of pyridine rings is 1. The lowest BCUT2D eigenvalue weighted by molar-refractivity contribution is 0.262. The van der Waals surface area contributed by atoms with Crippen molar-refractivity contribution in [3.05, 3.63) is 24.3 Å². The van der Waals surface area contributed by atoms with Crippen molar-refractivity contribution in [3.63, 3.8) is 0 Å². The summed E-state index contributed by atoms with van der Waals surface area (Å²) in [6, 6.07) is 2.07. The molecule has 1 saturated heterocycles. The van der Waals surface area contributed by atoms with Crippen LogP contribution in [0.4, 0.5) is 0 Å². The van der Waals surface area contributed by atoms with E-state index in [9.17, 15) is 0 Å². The molecular formula is C16H25N5. The SMILES string of the molecule is CC(C)(C)n1c(CN2CCCNCC2)nc2cnccc21. The van der Waals surface area contributed by atoms with E-state index in [0.717, 1.165) is 44.1 Å². The molecule has 1 fully saturated rings. The highest BCUT2D eigenvalue weighted by Gasteiger charge is 2.23. The third-order valence-corrected chi connectivity index (χ3v) is 3.99. The van der Waals surface area contributed by atoms with Crippen LogP contribution in [0.3, 0.4) is 0 Å². The summed E-state index contributed by atoms with van der Waals surface area (Å²) in [5.74, 6) is 1.15. The van der Waals surface area contributed by atoms with E-state index in [1.807, 2.05) is 12.4 Å². The average Bonchev–Trinajstić information content (AvgIpc) is 2.60. The van der Waals surface area contributed by atoms with Crippen molar-refractivity contribution in [1.29, 1.82) is 0 Å². The Labute approximate surface area is 126 Å². The van der Waals surface area contributed by atoms with Gasteiger partial charge >= 0.3 is 0 Å². The third kappa shape index (κ3) is 3.09. The number of hydrogen-bond donors (Lipinski definition) is 1. The van der Waals surface area contributed by atoms with Crippen LogP contribution in [0.1, 0.15) is 33.0 Å². The van der Waals surface area contributed by atoms with Crippen molar-refractivity contribution in [2.75, 3.05) is 26.2 Å². The maximum atomic E-state index is 4.84. The Morgan fingerprint density at radius 3 is 2.90 bits per heavy atom. The van der Waals surface area contributed by atoms with Gasteiger partial charge in [-0.1, -0.05) is 0 Å². The molecule has 114 valence electrons. The van der Waals surface area contributed by atoms with E-state index in [4.69, 9.17) is 4.98 Å². The van der Waals surface area contributed by atoms with Gasteiger partial charge in [-0.2, -0.15) is 0 Å². The standard InChI is InChI=1S/C16H25N5/c1-16(2,3)21-14-5-7-18-11-13(14)19-15(21)12-20-9-4-6-17-8-10-20/h5,7,11,17H,4,6,8-10,12H2,1-3H3. The lowest BCUT2D eigenvalue weighted by atomic mass is 10.1. The molecule has 0 spiro atoms. The fraction of sp³-hybridized carbons (Fsp3) is 0.625. The molecule has 0 radical (unpaired) electrons. The number of imidazole rings is 1. The Kier molecular flexibility index (Phi) is 3.95. The summed E-state index contributed by atoms with van der Waals surface area (Å²) >= 11 is 0. The summed E-state index contributed by atoms with van der Waals surface area (Å²) in [5, 5.41) is 3.46. The van der Waals surface area contributed by atoms with Gasteiger partial charge in [0, 0.05) is 24.8 Å². The normalized spacial score (nSPS) is 18.0. The van der Waals surface area contributed by atoms with E-state index < -0.39 is 0 Å². The predicted octanol–water partition coefficient (Wildman–Crippen LogP) is 1.98. The van der Waals surface area contributed by atoms with Crippen LogP contribution in [-0.4, -0.2) is 45.6 Å². The van der Waals surface area contributed by atoms with Crippen LogP contribution in [-0.2, 0) is 12.1 Å². The number of nitrogens with zero attached hydrogens (tertiary/aromatic N) is 4. The molecule has 2 aromatic rings. The Hall–Kier alpha value is -1.46. The molecule has 1 N–H and O–H groups in total. The lowest BCUT2D eigenvalue weighted by Gasteiger charge is -2.27. The van der Waals surface area contributed by atoms with Crippen LogP contribution in [0.2, 0.25) is 0 Å². The highest BCUT2D eigenvalue weighted by Crippen LogP contribution is 2.25. The second kappa shape index (κ2) is 5.73. The quantitative estimate of drug-likeness (QED) is 0.917. The average molecular weight is 287 g/mol. The van der Waals surface area contributed by atoms with Gasteiger partial charge in [0.2, 0.25) is 0 Å². The fourth-order valence-electron chi connectivity index (χ4n) is 3.10. The van der Waals surface area contributed by atoms with Crippen molar-refractivity contribution in [3.8, 4) is 0 Å². The van der Waals surface area contributed by atoms with Gasteiger partial charge in [-0.25, -0.2) is 4.98 Å². The topological polar surface area (TPSA) is 46.0 Å².